The quantitative estimate of drug-likeness (QED) is 0.724. The SMILES string of the molecule is COc1cccc(CC(O)C2CCNCC2)c1OC.NC(=O)C(F)(F)F. The number of ether oxygens (including phenoxy) is 2. The number of aliphatic hydroxyl groups is 1. The zero-order valence-corrected chi connectivity index (χ0v) is 14.8. The van der Waals surface area contributed by atoms with Gasteiger partial charge in [0.15, 0.2) is 11.5 Å². The van der Waals surface area contributed by atoms with Crippen molar-refractivity contribution in [3.05, 3.63) is 23.8 Å². The fourth-order valence-corrected chi connectivity index (χ4v) is 2.74. The number of alkyl halides is 3. The number of amides is 1. The topological polar surface area (TPSA) is 93.8 Å². The number of hydrogen-bond acceptors (Lipinski definition) is 5. The van der Waals surface area contributed by atoms with E-state index in [0.29, 0.717) is 12.3 Å². The van der Waals surface area contributed by atoms with Crippen LogP contribution in [0, 0.1) is 5.92 Å². The van der Waals surface area contributed by atoms with E-state index in [2.05, 4.69) is 11.1 Å². The van der Waals surface area contributed by atoms with Crippen LogP contribution < -0.4 is 20.5 Å². The number of carbonyl (C=O) groups is 1. The van der Waals surface area contributed by atoms with Crippen molar-refractivity contribution in [3.63, 3.8) is 0 Å². The maximum Gasteiger partial charge on any atom is 0.470 e. The summed E-state index contributed by atoms with van der Waals surface area (Å²) < 4.78 is 42.8. The van der Waals surface area contributed by atoms with Crippen LogP contribution in [0.5, 0.6) is 11.5 Å². The molecule has 26 heavy (non-hydrogen) atoms. The zero-order chi connectivity index (χ0) is 19.7. The van der Waals surface area contributed by atoms with Crippen molar-refractivity contribution >= 4 is 5.91 Å². The van der Waals surface area contributed by atoms with Crippen molar-refractivity contribution in [1.82, 2.24) is 5.32 Å². The summed E-state index contributed by atoms with van der Waals surface area (Å²) in [4.78, 5) is 9.12. The summed E-state index contributed by atoms with van der Waals surface area (Å²) in [5, 5.41) is 13.7. The molecule has 1 heterocycles. The molecule has 1 saturated heterocycles. The summed E-state index contributed by atoms with van der Waals surface area (Å²) in [6.45, 7) is 1.99. The average molecular weight is 378 g/mol. The number of aliphatic hydroxyl groups excluding tert-OH is 1. The second-order valence-electron chi connectivity index (χ2n) is 5.87. The molecule has 1 amide bonds. The van der Waals surface area contributed by atoms with Crippen LogP contribution in [0.2, 0.25) is 0 Å². The predicted octanol–water partition coefficient (Wildman–Crippen LogP) is 1.64. The zero-order valence-electron chi connectivity index (χ0n) is 14.8. The summed E-state index contributed by atoms with van der Waals surface area (Å²) in [5.41, 5.74) is 4.81. The molecule has 1 unspecified atom stereocenters. The number of nitrogens with two attached hydrogens (primary N) is 1. The molecule has 1 aromatic carbocycles. The van der Waals surface area contributed by atoms with Gasteiger partial charge in [0.1, 0.15) is 0 Å². The van der Waals surface area contributed by atoms with Gasteiger partial charge < -0.3 is 25.6 Å². The van der Waals surface area contributed by atoms with Gasteiger partial charge in [-0.05, 0) is 37.9 Å². The van der Waals surface area contributed by atoms with Crippen LogP contribution in [0.1, 0.15) is 18.4 Å². The van der Waals surface area contributed by atoms with Gasteiger partial charge in [0, 0.05) is 12.0 Å². The third-order valence-electron chi connectivity index (χ3n) is 4.12. The Hall–Kier alpha value is -2.00. The molecule has 148 valence electrons. The summed E-state index contributed by atoms with van der Waals surface area (Å²) in [6.07, 6.45) is -2.49. The molecule has 1 aliphatic rings. The van der Waals surface area contributed by atoms with E-state index in [1.807, 2.05) is 18.2 Å². The third-order valence-corrected chi connectivity index (χ3v) is 4.12. The lowest BCUT2D eigenvalue weighted by molar-refractivity contribution is -0.169. The number of carbonyl (C=O) groups excluding carboxylic acids is 1. The molecule has 9 heteroatoms. The highest BCUT2D eigenvalue weighted by molar-refractivity contribution is 5.79. The molecule has 0 aromatic heterocycles. The van der Waals surface area contributed by atoms with Gasteiger partial charge in [-0.25, -0.2) is 0 Å². The Kier molecular flexibility index (Phi) is 8.67. The molecule has 1 aliphatic heterocycles. The highest BCUT2D eigenvalue weighted by Crippen LogP contribution is 2.32. The standard InChI is InChI=1S/C15H23NO3.C2H2F3NO/c1-18-14-5-3-4-12(15(14)19-2)10-13(17)11-6-8-16-9-7-11;3-2(4,5)1(6)7/h3-5,11,13,16-17H,6-10H2,1-2H3;(H2,6,7). The number of halogens is 3. The fourth-order valence-electron chi connectivity index (χ4n) is 2.74. The minimum Gasteiger partial charge on any atom is -0.493 e. The summed E-state index contributed by atoms with van der Waals surface area (Å²) >= 11 is 0. The molecule has 1 aromatic rings. The second-order valence-corrected chi connectivity index (χ2v) is 5.87. The van der Waals surface area contributed by atoms with Crippen molar-refractivity contribution in [2.24, 2.45) is 11.7 Å². The Bertz CT molecular complexity index is 576. The number of benzene rings is 1. The average Bonchev–Trinajstić information content (AvgIpc) is 2.61. The number of methoxy groups -OCH3 is 2. The van der Waals surface area contributed by atoms with E-state index in [1.165, 1.54) is 0 Å². The lowest BCUT2D eigenvalue weighted by atomic mass is 9.88. The van der Waals surface area contributed by atoms with Crippen LogP contribution in [-0.2, 0) is 11.2 Å². The molecule has 1 fully saturated rings. The summed E-state index contributed by atoms with van der Waals surface area (Å²) in [7, 11) is 3.27. The van der Waals surface area contributed by atoms with Crippen molar-refractivity contribution in [2.75, 3.05) is 27.3 Å². The first-order chi connectivity index (χ1) is 12.2. The van der Waals surface area contributed by atoms with E-state index in [-0.39, 0.29) is 6.10 Å². The molecule has 2 rings (SSSR count). The van der Waals surface area contributed by atoms with Gasteiger partial charge in [-0.2, -0.15) is 13.2 Å². The largest absolute Gasteiger partial charge is 0.493 e. The molecule has 0 aliphatic carbocycles. The Morgan fingerprint density at radius 3 is 2.35 bits per heavy atom. The van der Waals surface area contributed by atoms with E-state index >= 15 is 0 Å². The number of primary amides is 1. The van der Waals surface area contributed by atoms with Crippen molar-refractivity contribution in [2.45, 2.75) is 31.5 Å². The minimum atomic E-state index is -4.86. The van der Waals surface area contributed by atoms with Gasteiger partial charge in [-0.1, -0.05) is 12.1 Å². The molecule has 6 nitrogen and oxygen atoms in total. The highest BCUT2D eigenvalue weighted by Gasteiger charge is 2.35. The molecular weight excluding hydrogens is 353 g/mol. The second kappa shape index (κ2) is 10.2. The molecule has 0 bridgehead atoms. The number of para-hydroxylation sites is 1. The number of piperidine rings is 1. The lowest BCUT2D eigenvalue weighted by Crippen LogP contribution is -2.35. The van der Waals surface area contributed by atoms with Gasteiger partial charge >= 0.3 is 12.1 Å². The number of hydrogen-bond donors (Lipinski definition) is 3. The highest BCUT2D eigenvalue weighted by atomic mass is 19.4. The van der Waals surface area contributed by atoms with E-state index in [9.17, 15) is 18.3 Å². The van der Waals surface area contributed by atoms with Crippen molar-refractivity contribution in [1.29, 1.82) is 0 Å². The molecule has 0 saturated carbocycles. The van der Waals surface area contributed by atoms with Crippen LogP contribution >= 0.6 is 0 Å². The lowest BCUT2D eigenvalue weighted by Gasteiger charge is -2.27. The molecule has 0 spiro atoms. The smallest absolute Gasteiger partial charge is 0.470 e. The van der Waals surface area contributed by atoms with Gasteiger partial charge in [0.05, 0.1) is 20.3 Å². The normalized spacial score (nSPS) is 16.2. The van der Waals surface area contributed by atoms with Gasteiger partial charge in [-0.3, -0.25) is 4.79 Å². The van der Waals surface area contributed by atoms with E-state index in [1.54, 1.807) is 14.2 Å². The minimum absolute atomic E-state index is 0.317. The first-order valence-electron chi connectivity index (χ1n) is 8.16. The van der Waals surface area contributed by atoms with Gasteiger partial charge in [0.2, 0.25) is 0 Å². The Morgan fingerprint density at radius 2 is 1.88 bits per heavy atom. The van der Waals surface area contributed by atoms with E-state index in [4.69, 9.17) is 14.3 Å². The van der Waals surface area contributed by atoms with Gasteiger partial charge in [-0.15, -0.1) is 0 Å². The van der Waals surface area contributed by atoms with Crippen LogP contribution in [0.4, 0.5) is 13.2 Å². The van der Waals surface area contributed by atoms with Crippen LogP contribution in [0.15, 0.2) is 18.2 Å². The maximum atomic E-state index is 10.7. The van der Waals surface area contributed by atoms with Crippen LogP contribution in [-0.4, -0.2) is 50.6 Å². The van der Waals surface area contributed by atoms with Crippen LogP contribution in [0.3, 0.4) is 0 Å². The molecule has 1 atom stereocenters. The predicted molar refractivity (Wildman–Crippen MR) is 90.1 cm³/mol. The van der Waals surface area contributed by atoms with Crippen molar-refractivity contribution in [3.8, 4) is 11.5 Å². The summed E-state index contributed by atoms with van der Waals surface area (Å²) in [6, 6.07) is 5.80. The third kappa shape index (κ3) is 6.72. The molecule has 0 radical (unpaired) electrons. The van der Waals surface area contributed by atoms with Gasteiger partial charge in [0.25, 0.3) is 0 Å². The monoisotopic (exact) mass is 378 g/mol. The number of rotatable bonds is 5. The van der Waals surface area contributed by atoms with E-state index < -0.39 is 12.1 Å². The first-order valence-corrected chi connectivity index (χ1v) is 8.16. The maximum absolute atomic E-state index is 10.7. The Balaban J connectivity index is 0.000000412. The summed E-state index contributed by atoms with van der Waals surface area (Å²) in [5.74, 6) is -0.430. The molecule has 4 N–H and O–H groups in total. The fraction of sp³-hybridized carbons (Fsp3) is 0.588. The molecular formula is C17H25F3N2O4. The Morgan fingerprint density at radius 1 is 1.31 bits per heavy atom. The van der Waals surface area contributed by atoms with E-state index in [0.717, 1.165) is 43.0 Å². The Labute approximate surface area is 150 Å². The van der Waals surface area contributed by atoms with Crippen molar-refractivity contribution < 1.29 is 32.5 Å². The first kappa shape index (κ1) is 22.0. The number of nitrogens with one attached hydrogen (secondary N) is 1. The van der Waals surface area contributed by atoms with Crippen LogP contribution in [0.25, 0.3) is 0 Å².